The van der Waals surface area contributed by atoms with Crippen LogP contribution in [0.3, 0.4) is 0 Å². The summed E-state index contributed by atoms with van der Waals surface area (Å²) in [6.45, 7) is 0. The molecule has 0 aliphatic carbocycles. The van der Waals surface area contributed by atoms with Gasteiger partial charge in [-0.1, -0.05) is 388 Å². The van der Waals surface area contributed by atoms with Crippen molar-refractivity contribution in [2.75, 3.05) is 19.6 Å². The van der Waals surface area contributed by atoms with Crippen LogP contribution in [-0.4, -0.2) is 0 Å². The molecule has 0 N–H and O–H groups in total. The number of rotatable bonds is 22. The van der Waals surface area contributed by atoms with Crippen LogP contribution in [0, 0.1) is 0 Å². The van der Waals surface area contributed by atoms with Crippen LogP contribution in [0.1, 0.15) is 0 Å². The summed E-state index contributed by atoms with van der Waals surface area (Å²) < 4.78 is 0. The quantitative estimate of drug-likeness (QED) is 0.0670. The second-order valence-corrected chi connectivity index (χ2v) is 30.8. The molecule has 4 heteroatoms. The first-order valence-corrected chi connectivity index (χ1v) is 42.3. The summed E-state index contributed by atoms with van der Waals surface area (Å²) in [4.78, 5) is 9.40. The first kappa shape index (κ1) is 77.5. The molecule has 0 atom stereocenters. The molecule has 4 nitrogen and oxygen atoms in total. The topological polar surface area (TPSA) is 13.0 Å². The van der Waals surface area contributed by atoms with E-state index in [1.807, 2.05) is 0 Å². The molecule has 0 saturated carbocycles. The van der Waals surface area contributed by atoms with Crippen LogP contribution in [-0.2, 0) is 0 Å². The minimum Gasteiger partial charge on any atom is -0.310 e. The number of benzene rings is 20. The van der Waals surface area contributed by atoms with Crippen molar-refractivity contribution in [3.05, 3.63) is 534 Å². The number of anilines is 12. The molecular weight excluding hydrogens is 1500 g/mol. The first-order valence-electron chi connectivity index (χ1n) is 42.3. The summed E-state index contributed by atoms with van der Waals surface area (Å²) >= 11 is 0. The summed E-state index contributed by atoms with van der Waals surface area (Å²) in [5.41, 5.74) is 36.8. The smallest absolute Gasteiger partial charge is 0.0467 e. The Morgan fingerprint density at radius 3 is 0.315 bits per heavy atom. The van der Waals surface area contributed by atoms with Crippen molar-refractivity contribution in [3.63, 3.8) is 0 Å². The molecule has 0 spiro atoms. The zero-order chi connectivity index (χ0) is 83.0. The van der Waals surface area contributed by atoms with Crippen molar-refractivity contribution in [3.8, 4) is 111 Å². The van der Waals surface area contributed by atoms with Crippen LogP contribution in [0.5, 0.6) is 0 Å². The van der Waals surface area contributed by atoms with Crippen molar-refractivity contribution in [2.24, 2.45) is 0 Å². The molecule has 0 heterocycles. The second kappa shape index (κ2) is 36.9. The zero-order valence-corrected chi connectivity index (χ0v) is 68.6. The van der Waals surface area contributed by atoms with Crippen molar-refractivity contribution in [1.82, 2.24) is 0 Å². The van der Waals surface area contributed by atoms with Crippen LogP contribution in [0.4, 0.5) is 68.2 Å². The predicted octanol–water partition coefficient (Wildman–Crippen LogP) is 33.9. The number of nitrogens with zero attached hydrogens (tertiary/aromatic N) is 4. The van der Waals surface area contributed by atoms with E-state index in [1.54, 1.807) is 0 Å². The monoisotopic (exact) mass is 1580 g/mol. The summed E-state index contributed by atoms with van der Waals surface area (Å²) in [6.07, 6.45) is 0. The molecule has 0 bridgehead atoms. The Morgan fingerprint density at radius 2 is 0.177 bits per heavy atom. The van der Waals surface area contributed by atoms with Gasteiger partial charge in [-0.3, -0.25) is 0 Å². The standard InChI is InChI=1S/2C60H44N2/c1-5-15-45(16-6-1)49-27-35-55(36-28-49)61(59-25-13-23-53(43-59)47-19-9-3-10-20-47)57-39-31-51(32-40-57)52-33-41-58(42-34-52)62(56-37-29-50(30-38-56)46-17-7-2-8-18-46)60-26-14-24-54(44-60)48-21-11-4-12-22-48;1-5-15-45(16-6-1)49-27-35-55(36-28-49)61(56-37-29-50(30-38-56)46-17-7-2-8-18-46)59-25-13-23-53(43-59)54-24-14-26-60(44-54)62(57-39-31-51(32-40-57)47-19-9-3-10-20-47)58-41-33-52(34-42-58)48-21-11-4-12-22-48/h2*1-44H. The second-order valence-electron chi connectivity index (χ2n) is 30.8. The van der Waals surface area contributed by atoms with E-state index in [9.17, 15) is 0 Å². The van der Waals surface area contributed by atoms with E-state index in [-0.39, 0.29) is 0 Å². The van der Waals surface area contributed by atoms with Gasteiger partial charge in [0.15, 0.2) is 0 Å². The molecule has 0 aliphatic rings. The van der Waals surface area contributed by atoms with E-state index in [0.717, 1.165) is 90.5 Å². The SMILES string of the molecule is c1ccc(-c2ccc(N(c3ccc(-c4ccc(N(c5ccc(-c6ccccc6)cc5)c5cccc(-c6ccccc6)c5)cc4)cc3)c3cccc(-c4ccccc4)c3)cc2)cc1.c1ccc(-c2ccc(N(c3ccc(-c4ccccc4)cc3)c3cccc(-c4cccc(N(c5ccc(-c6ccccc6)cc5)c5ccc(-c6ccccc6)cc5)c4)c3)cc2)cc1. The van der Waals surface area contributed by atoms with Gasteiger partial charge >= 0.3 is 0 Å². The molecule has 20 aromatic rings. The van der Waals surface area contributed by atoms with Gasteiger partial charge in [0, 0.05) is 68.2 Å². The van der Waals surface area contributed by atoms with Gasteiger partial charge in [0.25, 0.3) is 0 Å². The van der Waals surface area contributed by atoms with Gasteiger partial charge in [0.1, 0.15) is 0 Å². The van der Waals surface area contributed by atoms with Crippen molar-refractivity contribution < 1.29 is 0 Å². The third kappa shape index (κ3) is 17.7. The molecule has 0 fully saturated rings. The minimum atomic E-state index is 1.08. The van der Waals surface area contributed by atoms with Gasteiger partial charge in [0.05, 0.1) is 0 Å². The van der Waals surface area contributed by atoms with Gasteiger partial charge in [-0.15, -0.1) is 0 Å². The van der Waals surface area contributed by atoms with Gasteiger partial charge in [-0.05, 0) is 257 Å². The summed E-state index contributed by atoms with van der Waals surface area (Å²) in [5.74, 6) is 0. The molecule has 0 saturated heterocycles. The molecule has 0 radical (unpaired) electrons. The molecule has 20 aromatic carbocycles. The third-order valence-electron chi connectivity index (χ3n) is 22.9. The Morgan fingerprint density at radius 1 is 0.0726 bits per heavy atom. The highest BCUT2D eigenvalue weighted by Crippen LogP contribution is 2.45. The minimum absolute atomic E-state index is 1.08. The highest BCUT2D eigenvalue weighted by Gasteiger charge is 2.21. The average molecular weight is 1590 g/mol. The molecule has 588 valence electrons. The Bertz CT molecular complexity index is 6260. The molecular formula is C120H88N4. The number of hydrogen-bond donors (Lipinski definition) is 0. The third-order valence-corrected chi connectivity index (χ3v) is 22.9. The fourth-order valence-electron chi connectivity index (χ4n) is 16.6. The lowest BCUT2D eigenvalue weighted by Gasteiger charge is -2.27. The van der Waals surface area contributed by atoms with E-state index < -0.39 is 0 Å². The highest BCUT2D eigenvalue weighted by atomic mass is 15.2. The van der Waals surface area contributed by atoms with Crippen molar-refractivity contribution >= 4 is 68.2 Å². The normalized spacial score (nSPS) is 10.9. The van der Waals surface area contributed by atoms with E-state index in [2.05, 4.69) is 553 Å². The summed E-state index contributed by atoms with van der Waals surface area (Å²) in [7, 11) is 0. The maximum Gasteiger partial charge on any atom is 0.0467 e. The maximum absolute atomic E-state index is 2.35. The van der Waals surface area contributed by atoms with Gasteiger partial charge < -0.3 is 19.6 Å². The summed E-state index contributed by atoms with van der Waals surface area (Å²) in [6, 6.07) is 191. The van der Waals surface area contributed by atoms with Crippen LogP contribution in [0.15, 0.2) is 534 Å². The largest absolute Gasteiger partial charge is 0.310 e. The van der Waals surface area contributed by atoms with E-state index in [4.69, 9.17) is 0 Å². The highest BCUT2D eigenvalue weighted by molar-refractivity contribution is 5.89. The van der Waals surface area contributed by atoms with Crippen LogP contribution < -0.4 is 19.6 Å². The Balaban J connectivity index is 0.000000163. The molecule has 0 aromatic heterocycles. The van der Waals surface area contributed by atoms with Crippen LogP contribution >= 0.6 is 0 Å². The molecule has 124 heavy (non-hydrogen) atoms. The van der Waals surface area contributed by atoms with Gasteiger partial charge in [-0.25, -0.2) is 0 Å². The zero-order valence-electron chi connectivity index (χ0n) is 68.6. The molecule has 0 unspecified atom stereocenters. The van der Waals surface area contributed by atoms with Crippen molar-refractivity contribution in [1.29, 1.82) is 0 Å². The van der Waals surface area contributed by atoms with Gasteiger partial charge in [0.2, 0.25) is 0 Å². The Kier molecular flexibility index (Phi) is 23.0. The van der Waals surface area contributed by atoms with E-state index in [0.29, 0.717) is 0 Å². The van der Waals surface area contributed by atoms with Crippen molar-refractivity contribution in [2.45, 2.75) is 0 Å². The fraction of sp³-hybridized carbons (Fsp3) is 0. The Hall–Kier alpha value is -16.4. The average Bonchev–Trinajstić information content (AvgIpc) is 0.791. The maximum atomic E-state index is 2.35. The van der Waals surface area contributed by atoms with E-state index >= 15 is 0 Å². The summed E-state index contributed by atoms with van der Waals surface area (Å²) in [5, 5.41) is 0. The molecule has 0 aliphatic heterocycles. The number of hydrogen-bond acceptors (Lipinski definition) is 4. The molecule has 20 rings (SSSR count). The lowest BCUT2D eigenvalue weighted by molar-refractivity contribution is 1.28. The first-order chi connectivity index (χ1) is 61.5. The fourth-order valence-corrected chi connectivity index (χ4v) is 16.6. The van der Waals surface area contributed by atoms with Gasteiger partial charge in [-0.2, -0.15) is 0 Å². The predicted molar refractivity (Wildman–Crippen MR) is 526 cm³/mol. The van der Waals surface area contributed by atoms with E-state index in [1.165, 1.54) is 89.0 Å². The molecule has 0 amide bonds. The lowest BCUT2D eigenvalue weighted by atomic mass is 10.0. The van der Waals surface area contributed by atoms with Crippen LogP contribution in [0.25, 0.3) is 111 Å². The van der Waals surface area contributed by atoms with Crippen LogP contribution in [0.2, 0.25) is 0 Å². The Labute approximate surface area is 728 Å². The lowest BCUT2D eigenvalue weighted by Crippen LogP contribution is -2.10.